The van der Waals surface area contributed by atoms with Crippen molar-refractivity contribution in [3.05, 3.63) is 53.1 Å². The summed E-state index contributed by atoms with van der Waals surface area (Å²) in [5.41, 5.74) is 2.04. The van der Waals surface area contributed by atoms with Gasteiger partial charge < -0.3 is 14.5 Å². The second-order valence-corrected chi connectivity index (χ2v) is 6.30. The fourth-order valence-corrected chi connectivity index (χ4v) is 2.90. The van der Waals surface area contributed by atoms with Crippen molar-refractivity contribution < 1.29 is 18.7 Å². The van der Waals surface area contributed by atoms with Gasteiger partial charge in [-0.05, 0) is 30.3 Å². The number of thioether (sulfide) groups is 1. The second kappa shape index (κ2) is 7.58. The Hall–Kier alpha value is -2.51. The SMILES string of the molecule is COC(=O)c1ccc(Cl)c(NC(=O)CSc2nc3ccccc3o2)c1. The first-order valence-corrected chi connectivity index (χ1v) is 8.59. The minimum atomic E-state index is -0.506. The van der Waals surface area contributed by atoms with Gasteiger partial charge in [0.2, 0.25) is 5.91 Å². The van der Waals surface area contributed by atoms with E-state index in [1.807, 2.05) is 24.3 Å². The molecule has 0 aliphatic rings. The van der Waals surface area contributed by atoms with Crippen LogP contribution >= 0.6 is 23.4 Å². The number of methoxy groups -OCH3 is 1. The number of para-hydroxylation sites is 2. The molecule has 1 N–H and O–H groups in total. The van der Waals surface area contributed by atoms with E-state index >= 15 is 0 Å². The van der Waals surface area contributed by atoms with E-state index in [1.165, 1.54) is 37.1 Å². The Morgan fingerprint density at radius 2 is 2.08 bits per heavy atom. The van der Waals surface area contributed by atoms with Crippen LogP contribution in [0.3, 0.4) is 0 Å². The molecule has 0 spiro atoms. The number of ether oxygens (including phenoxy) is 1. The number of aromatic nitrogens is 1. The number of benzene rings is 2. The molecule has 0 saturated heterocycles. The van der Waals surface area contributed by atoms with Crippen LogP contribution in [0.1, 0.15) is 10.4 Å². The summed E-state index contributed by atoms with van der Waals surface area (Å²) < 4.78 is 10.2. The van der Waals surface area contributed by atoms with Crippen molar-refractivity contribution in [1.29, 1.82) is 0 Å². The molecule has 1 amide bonds. The Morgan fingerprint density at radius 3 is 2.84 bits per heavy atom. The van der Waals surface area contributed by atoms with Crippen molar-refractivity contribution in [1.82, 2.24) is 4.98 Å². The number of carbonyl (C=O) groups is 2. The van der Waals surface area contributed by atoms with Crippen LogP contribution in [0.15, 0.2) is 52.1 Å². The highest BCUT2D eigenvalue weighted by molar-refractivity contribution is 7.99. The number of hydrogen-bond donors (Lipinski definition) is 1. The summed E-state index contributed by atoms with van der Waals surface area (Å²) in [6.07, 6.45) is 0. The van der Waals surface area contributed by atoms with Gasteiger partial charge in [-0.1, -0.05) is 35.5 Å². The number of nitrogens with zero attached hydrogens (tertiary/aromatic N) is 1. The third-order valence-corrected chi connectivity index (χ3v) is 4.42. The van der Waals surface area contributed by atoms with Crippen LogP contribution in [0.25, 0.3) is 11.1 Å². The second-order valence-electron chi connectivity index (χ2n) is 4.97. The highest BCUT2D eigenvalue weighted by Crippen LogP contribution is 2.26. The van der Waals surface area contributed by atoms with Gasteiger partial charge in [0.1, 0.15) is 5.52 Å². The number of amides is 1. The fraction of sp³-hybridized carbons (Fsp3) is 0.118. The average Bonchev–Trinajstić information content (AvgIpc) is 3.04. The molecule has 128 valence electrons. The average molecular weight is 377 g/mol. The number of anilines is 1. The van der Waals surface area contributed by atoms with Gasteiger partial charge in [0.25, 0.3) is 5.22 Å². The van der Waals surface area contributed by atoms with Crippen molar-refractivity contribution >= 4 is 52.0 Å². The lowest BCUT2D eigenvalue weighted by atomic mass is 10.2. The quantitative estimate of drug-likeness (QED) is 0.535. The van der Waals surface area contributed by atoms with E-state index in [1.54, 1.807) is 0 Å². The smallest absolute Gasteiger partial charge is 0.337 e. The maximum atomic E-state index is 12.1. The Kier molecular flexibility index (Phi) is 5.25. The number of fused-ring (bicyclic) bond motifs is 1. The molecule has 25 heavy (non-hydrogen) atoms. The molecule has 0 aliphatic carbocycles. The Balaban J connectivity index is 1.65. The molecule has 0 atom stereocenters. The van der Waals surface area contributed by atoms with Gasteiger partial charge in [0.15, 0.2) is 5.58 Å². The molecule has 1 aromatic heterocycles. The zero-order chi connectivity index (χ0) is 17.8. The van der Waals surface area contributed by atoms with Gasteiger partial charge in [0.05, 0.1) is 29.1 Å². The first-order valence-electron chi connectivity index (χ1n) is 7.23. The van der Waals surface area contributed by atoms with E-state index in [-0.39, 0.29) is 11.7 Å². The van der Waals surface area contributed by atoms with Gasteiger partial charge in [-0.25, -0.2) is 9.78 Å². The van der Waals surface area contributed by atoms with Crippen LogP contribution in [0, 0.1) is 0 Å². The first kappa shape index (κ1) is 17.3. The predicted octanol–water partition coefficient (Wildman–Crippen LogP) is 4.00. The Labute approximate surface area is 152 Å². The van der Waals surface area contributed by atoms with Gasteiger partial charge in [-0.3, -0.25) is 4.79 Å². The van der Waals surface area contributed by atoms with Crippen LogP contribution in [0.5, 0.6) is 0 Å². The lowest BCUT2D eigenvalue weighted by molar-refractivity contribution is -0.113. The Bertz CT molecular complexity index is 908. The molecule has 8 heteroatoms. The lowest BCUT2D eigenvalue weighted by Crippen LogP contribution is -2.15. The third kappa shape index (κ3) is 4.12. The van der Waals surface area contributed by atoms with Crippen LogP contribution in [0.2, 0.25) is 5.02 Å². The molecule has 0 saturated carbocycles. The number of halogens is 1. The minimum Gasteiger partial charge on any atom is -0.465 e. The van der Waals surface area contributed by atoms with E-state index in [0.29, 0.717) is 27.1 Å². The normalized spacial score (nSPS) is 10.6. The summed E-state index contributed by atoms with van der Waals surface area (Å²) in [5.74, 6) is -0.713. The topological polar surface area (TPSA) is 81.4 Å². The Morgan fingerprint density at radius 1 is 1.28 bits per heavy atom. The molecular formula is C17H13ClN2O4S. The molecule has 0 radical (unpaired) electrons. The number of carbonyl (C=O) groups excluding carboxylic acids is 2. The fourth-order valence-electron chi connectivity index (χ4n) is 2.09. The van der Waals surface area contributed by atoms with Gasteiger partial charge in [0, 0.05) is 0 Å². The predicted molar refractivity (Wildman–Crippen MR) is 96.2 cm³/mol. The van der Waals surface area contributed by atoms with E-state index in [4.69, 9.17) is 16.0 Å². The van der Waals surface area contributed by atoms with Crippen LogP contribution in [-0.4, -0.2) is 29.7 Å². The molecule has 6 nitrogen and oxygen atoms in total. The largest absolute Gasteiger partial charge is 0.465 e. The minimum absolute atomic E-state index is 0.0889. The first-order chi connectivity index (χ1) is 12.1. The summed E-state index contributed by atoms with van der Waals surface area (Å²) in [6, 6.07) is 11.9. The summed E-state index contributed by atoms with van der Waals surface area (Å²) in [7, 11) is 1.28. The summed E-state index contributed by atoms with van der Waals surface area (Å²) in [6.45, 7) is 0. The molecule has 1 heterocycles. The van der Waals surface area contributed by atoms with Crippen LogP contribution < -0.4 is 5.32 Å². The molecule has 0 bridgehead atoms. The number of esters is 1. The molecule has 0 aliphatic heterocycles. The standard InChI is InChI=1S/C17H13ClN2O4S/c1-23-16(22)10-6-7-11(18)13(8-10)19-15(21)9-25-17-20-12-4-2-3-5-14(12)24-17/h2-8H,9H2,1H3,(H,19,21). The number of rotatable bonds is 5. The van der Waals surface area contributed by atoms with Crippen molar-refractivity contribution in [3.63, 3.8) is 0 Å². The van der Waals surface area contributed by atoms with Crippen LogP contribution in [0.4, 0.5) is 5.69 Å². The van der Waals surface area contributed by atoms with Gasteiger partial charge >= 0.3 is 5.97 Å². The molecule has 3 rings (SSSR count). The summed E-state index contributed by atoms with van der Waals surface area (Å²) in [4.78, 5) is 28.0. The molecule has 0 unspecified atom stereocenters. The van der Waals surface area contributed by atoms with E-state index in [2.05, 4.69) is 15.0 Å². The maximum absolute atomic E-state index is 12.1. The van der Waals surface area contributed by atoms with E-state index in [0.717, 1.165) is 5.52 Å². The zero-order valence-corrected chi connectivity index (χ0v) is 14.7. The van der Waals surface area contributed by atoms with Crippen molar-refractivity contribution in [3.8, 4) is 0 Å². The van der Waals surface area contributed by atoms with Crippen molar-refractivity contribution in [2.24, 2.45) is 0 Å². The molecular weight excluding hydrogens is 364 g/mol. The monoisotopic (exact) mass is 376 g/mol. The highest BCUT2D eigenvalue weighted by Gasteiger charge is 2.13. The summed E-state index contributed by atoms with van der Waals surface area (Å²) in [5, 5.41) is 3.40. The van der Waals surface area contributed by atoms with E-state index in [9.17, 15) is 9.59 Å². The van der Waals surface area contributed by atoms with Gasteiger partial charge in [-0.15, -0.1) is 0 Å². The number of hydrogen-bond acceptors (Lipinski definition) is 6. The lowest BCUT2D eigenvalue weighted by Gasteiger charge is -2.08. The zero-order valence-electron chi connectivity index (χ0n) is 13.1. The highest BCUT2D eigenvalue weighted by atomic mass is 35.5. The number of nitrogens with one attached hydrogen (secondary N) is 1. The third-order valence-electron chi connectivity index (χ3n) is 3.26. The molecule has 0 fully saturated rings. The van der Waals surface area contributed by atoms with Crippen molar-refractivity contribution in [2.75, 3.05) is 18.2 Å². The van der Waals surface area contributed by atoms with Crippen LogP contribution in [-0.2, 0) is 9.53 Å². The van der Waals surface area contributed by atoms with Gasteiger partial charge in [-0.2, -0.15) is 0 Å². The maximum Gasteiger partial charge on any atom is 0.337 e. The summed E-state index contributed by atoms with van der Waals surface area (Å²) >= 11 is 7.22. The number of oxazole rings is 1. The van der Waals surface area contributed by atoms with Crippen molar-refractivity contribution in [2.45, 2.75) is 5.22 Å². The molecule has 2 aromatic carbocycles. The van der Waals surface area contributed by atoms with E-state index < -0.39 is 5.97 Å². The molecule has 3 aromatic rings.